The second kappa shape index (κ2) is 5.71. The molecular weight excluding hydrogens is 284 g/mol. The molecule has 22 heavy (non-hydrogen) atoms. The maximum absolute atomic E-state index is 12.7. The van der Waals surface area contributed by atoms with Gasteiger partial charge in [-0.2, -0.15) is 0 Å². The van der Waals surface area contributed by atoms with Crippen LogP contribution in [0.2, 0.25) is 0 Å². The summed E-state index contributed by atoms with van der Waals surface area (Å²) in [7, 11) is 3.09. The summed E-state index contributed by atoms with van der Waals surface area (Å²) in [4.78, 5) is 12.2. The standard InChI is InChI=1S/C16H18N2O4/c1-21-11-7-8-12(16(9-11)22-2)15-10-17(19)13-5-3-4-6-14(13)18(15)20/h7-10H,3-6H2,1-2H3. The first kappa shape index (κ1) is 14.4. The number of ether oxygens (including phenoxy) is 2. The molecule has 1 aliphatic carbocycles. The Morgan fingerprint density at radius 2 is 1.95 bits per heavy atom. The third-order valence-electron chi connectivity index (χ3n) is 4.06. The van der Waals surface area contributed by atoms with Crippen LogP contribution in [0.5, 0.6) is 11.5 Å². The molecule has 116 valence electrons. The molecule has 0 N–H and O–H groups in total. The van der Waals surface area contributed by atoms with Crippen molar-refractivity contribution in [2.75, 3.05) is 14.2 Å². The van der Waals surface area contributed by atoms with Gasteiger partial charge in [-0.15, -0.1) is 0 Å². The second-order valence-electron chi connectivity index (χ2n) is 5.30. The molecule has 2 aromatic rings. The van der Waals surface area contributed by atoms with Crippen molar-refractivity contribution in [3.63, 3.8) is 0 Å². The van der Waals surface area contributed by atoms with Crippen LogP contribution in [0.1, 0.15) is 24.2 Å². The Hall–Kier alpha value is -2.50. The predicted molar refractivity (Wildman–Crippen MR) is 81.7 cm³/mol. The van der Waals surface area contributed by atoms with Crippen LogP contribution in [0.15, 0.2) is 24.4 Å². The predicted octanol–water partition coefficient (Wildman–Crippen LogP) is 2.31. The van der Waals surface area contributed by atoms with Gasteiger partial charge in [0, 0.05) is 23.0 Å². The van der Waals surface area contributed by atoms with E-state index in [2.05, 4.69) is 0 Å². The molecule has 1 aromatic carbocycles. The maximum atomic E-state index is 12.7. The first-order valence-electron chi connectivity index (χ1n) is 7.25. The minimum Gasteiger partial charge on any atom is -0.805 e. The van der Waals surface area contributed by atoms with E-state index < -0.39 is 0 Å². The molecule has 0 spiro atoms. The Morgan fingerprint density at radius 3 is 2.68 bits per heavy atom. The van der Waals surface area contributed by atoms with E-state index in [-0.39, 0.29) is 0 Å². The normalized spacial score (nSPS) is 13.5. The quantitative estimate of drug-likeness (QED) is 0.816. The van der Waals surface area contributed by atoms with Gasteiger partial charge in [-0.3, -0.25) is 0 Å². The van der Waals surface area contributed by atoms with Crippen LogP contribution >= 0.6 is 0 Å². The van der Waals surface area contributed by atoms with Gasteiger partial charge in [0.2, 0.25) is 0 Å². The van der Waals surface area contributed by atoms with E-state index in [0.29, 0.717) is 47.0 Å². The van der Waals surface area contributed by atoms with Gasteiger partial charge in [-0.1, -0.05) is 0 Å². The van der Waals surface area contributed by atoms with Gasteiger partial charge in [-0.25, -0.2) is 0 Å². The Balaban J connectivity index is 2.21. The van der Waals surface area contributed by atoms with Crippen LogP contribution in [0.25, 0.3) is 11.3 Å². The first-order chi connectivity index (χ1) is 10.7. The van der Waals surface area contributed by atoms with Crippen LogP contribution in [-0.4, -0.2) is 19.0 Å². The highest BCUT2D eigenvalue weighted by Gasteiger charge is 2.24. The monoisotopic (exact) mass is 302 g/mol. The highest BCUT2D eigenvalue weighted by atomic mass is 16.5. The molecule has 0 fully saturated rings. The van der Waals surface area contributed by atoms with Crippen molar-refractivity contribution in [1.29, 1.82) is 0 Å². The van der Waals surface area contributed by atoms with Crippen LogP contribution in [0.4, 0.5) is 0 Å². The van der Waals surface area contributed by atoms with E-state index in [1.165, 1.54) is 13.3 Å². The maximum Gasteiger partial charge on any atom is 0.258 e. The molecule has 1 aliphatic rings. The molecular formula is C16H18N2O4. The summed E-state index contributed by atoms with van der Waals surface area (Å²) in [6, 6.07) is 5.17. The van der Waals surface area contributed by atoms with Crippen molar-refractivity contribution in [2.24, 2.45) is 0 Å². The lowest BCUT2D eigenvalue weighted by atomic mass is 9.99. The molecule has 3 rings (SSSR count). The molecule has 0 saturated carbocycles. The second-order valence-corrected chi connectivity index (χ2v) is 5.30. The Bertz CT molecular complexity index is 767. The lowest BCUT2D eigenvalue weighted by Gasteiger charge is -2.24. The van der Waals surface area contributed by atoms with Gasteiger partial charge in [0.25, 0.3) is 11.9 Å². The van der Waals surface area contributed by atoms with Gasteiger partial charge in [0.05, 0.1) is 24.3 Å². The van der Waals surface area contributed by atoms with Crippen molar-refractivity contribution >= 4 is 0 Å². The minimum atomic E-state index is 0.301. The molecule has 0 aliphatic heterocycles. The van der Waals surface area contributed by atoms with Gasteiger partial charge < -0.3 is 19.4 Å². The zero-order valence-corrected chi connectivity index (χ0v) is 12.7. The first-order valence-corrected chi connectivity index (χ1v) is 7.25. The Kier molecular flexibility index (Phi) is 3.75. The number of methoxy groups -OCH3 is 2. The van der Waals surface area contributed by atoms with E-state index in [0.717, 1.165) is 22.0 Å². The topological polar surface area (TPSA) is 69.4 Å². The van der Waals surface area contributed by atoms with Crippen LogP contribution in [0, 0.1) is 10.1 Å². The molecule has 0 bridgehead atoms. The smallest absolute Gasteiger partial charge is 0.258 e. The van der Waals surface area contributed by atoms with Crippen molar-refractivity contribution in [3.05, 3.63) is 45.9 Å². The number of hydrogen-bond acceptors (Lipinski definition) is 4. The fraction of sp³-hybridized carbons (Fsp3) is 0.375. The van der Waals surface area contributed by atoms with Crippen LogP contribution < -0.4 is 13.9 Å². The number of nitrogens with zero attached hydrogens (tertiary/aromatic N) is 2. The van der Waals surface area contributed by atoms with Crippen LogP contribution in [-0.2, 0) is 12.8 Å². The summed E-state index contributed by atoms with van der Waals surface area (Å²) in [5, 5.41) is 12.7. The van der Waals surface area contributed by atoms with E-state index >= 15 is 0 Å². The number of benzene rings is 1. The molecule has 0 atom stereocenters. The van der Waals surface area contributed by atoms with E-state index in [1.54, 1.807) is 25.3 Å². The molecule has 0 unspecified atom stereocenters. The lowest BCUT2D eigenvalue weighted by Crippen LogP contribution is -2.29. The highest BCUT2D eigenvalue weighted by Crippen LogP contribution is 2.33. The van der Waals surface area contributed by atoms with E-state index in [1.807, 2.05) is 0 Å². The summed E-state index contributed by atoms with van der Waals surface area (Å²) in [6.07, 6.45) is 4.49. The molecule has 0 radical (unpaired) electrons. The lowest BCUT2D eigenvalue weighted by molar-refractivity contribution is -0.506. The fourth-order valence-corrected chi connectivity index (χ4v) is 2.91. The SMILES string of the molecule is COc1ccc(-c2c[n+](=O)c3c(n2[O-])CCCC3)c(OC)c1. The average Bonchev–Trinajstić information content (AvgIpc) is 2.57. The third kappa shape index (κ3) is 2.30. The highest BCUT2D eigenvalue weighted by molar-refractivity contribution is 5.68. The average molecular weight is 302 g/mol. The van der Waals surface area contributed by atoms with Crippen molar-refractivity contribution in [3.8, 4) is 22.8 Å². The number of rotatable bonds is 3. The molecule has 0 amide bonds. The molecule has 1 aromatic heterocycles. The molecule has 1 heterocycles. The Morgan fingerprint density at radius 1 is 1.18 bits per heavy atom. The van der Waals surface area contributed by atoms with Crippen molar-refractivity contribution in [1.82, 2.24) is 4.73 Å². The van der Waals surface area contributed by atoms with E-state index in [4.69, 9.17) is 9.47 Å². The summed E-state index contributed by atoms with van der Waals surface area (Å²) >= 11 is 0. The van der Waals surface area contributed by atoms with Gasteiger partial charge in [0.1, 0.15) is 17.2 Å². The number of fused-ring (bicyclic) bond motifs is 1. The summed E-state index contributed by atoms with van der Waals surface area (Å²) in [6.45, 7) is 0. The zero-order chi connectivity index (χ0) is 15.7. The van der Waals surface area contributed by atoms with Gasteiger partial charge >= 0.3 is 0 Å². The molecule has 6 nitrogen and oxygen atoms in total. The molecule has 0 saturated heterocycles. The zero-order valence-electron chi connectivity index (χ0n) is 12.7. The summed E-state index contributed by atoms with van der Waals surface area (Å²) < 4.78 is 12.2. The van der Waals surface area contributed by atoms with Gasteiger partial charge in [-0.05, 0) is 31.4 Å². The number of aromatic nitrogens is 2. The largest absolute Gasteiger partial charge is 0.805 e. The van der Waals surface area contributed by atoms with Crippen molar-refractivity contribution in [2.45, 2.75) is 25.7 Å². The van der Waals surface area contributed by atoms with E-state index in [9.17, 15) is 10.1 Å². The fourth-order valence-electron chi connectivity index (χ4n) is 2.91. The summed E-state index contributed by atoms with van der Waals surface area (Å²) in [5.74, 6) is 1.13. The Labute approximate surface area is 128 Å². The van der Waals surface area contributed by atoms with Gasteiger partial charge in [0.15, 0.2) is 0 Å². The minimum absolute atomic E-state index is 0.301. The summed E-state index contributed by atoms with van der Waals surface area (Å²) in [5.41, 5.74) is 2.03. The third-order valence-corrected chi connectivity index (χ3v) is 4.06. The van der Waals surface area contributed by atoms with Crippen LogP contribution in [0.3, 0.4) is 0 Å². The number of hydrogen-bond donors (Lipinski definition) is 0. The van der Waals surface area contributed by atoms with Crippen molar-refractivity contribution < 1.29 is 13.9 Å². The molecule has 6 heteroatoms.